The molecule has 24 heavy (non-hydrogen) atoms. The van der Waals surface area contributed by atoms with Gasteiger partial charge in [-0.15, -0.1) is 5.10 Å². The lowest BCUT2D eigenvalue weighted by Crippen LogP contribution is -2.48. The maximum atomic E-state index is 12.5. The predicted molar refractivity (Wildman–Crippen MR) is 86.9 cm³/mol. The van der Waals surface area contributed by atoms with Crippen molar-refractivity contribution in [3.63, 3.8) is 0 Å². The maximum Gasteiger partial charge on any atom is 0.233 e. The Hall–Kier alpha value is -2.90. The number of hydrogen-bond acceptors (Lipinski definition) is 5. The number of methoxy groups -OCH3 is 1. The van der Waals surface area contributed by atoms with E-state index < -0.39 is 5.41 Å². The van der Waals surface area contributed by atoms with Crippen LogP contribution in [0.3, 0.4) is 0 Å². The van der Waals surface area contributed by atoms with Crippen LogP contribution in [-0.4, -0.2) is 40.5 Å². The molecule has 0 bridgehead atoms. The van der Waals surface area contributed by atoms with Crippen LogP contribution < -0.4 is 15.4 Å². The van der Waals surface area contributed by atoms with Crippen LogP contribution in [0.2, 0.25) is 0 Å². The van der Waals surface area contributed by atoms with E-state index in [4.69, 9.17) is 4.74 Å². The van der Waals surface area contributed by atoms with Crippen molar-refractivity contribution in [2.45, 2.75) is 19.8 Å². The summed E-state index contributed by atoms with van der Waals surface area (Å²) in [5.74, 6) is 0.865. The molecule has 0 unspecified atom stereocenters. The van der Waals surface area contributed by atoms with Crippen molar-refractivity contribution >= 4 is 17.6 Å². The number of benzene rings is 1. The van der Waals surface area contributed by atoms with Crippen LogP contribution in [-0.2, 0) is 9.59 Å². The van der Waals surface area contributed by atoms with Gasteiger partial charge >= 0.3 is 0 Å². The Morgan fingerprint density at radius 3 is 3.00 bits per heavy atom. The topological polar surface area (TPSA) is 98.1 Å². The lowest BCUT2D eigenvalue weighted by molar-refractivity contribution is -0.130. The second-order valence-electron chi connectivity index (χ2n) is 6.04. The molecule has 2 N–H and O–H groups in total. The molecule has 2 heterocycles. The molecule has 0 radical (unpaired) electrons. The first-order valence-corrected chi connectivity index (χ1v) is 7.65. The molecule has 1 aromatic heterocycles. The van der Waals surface area contributed by atoms with Gasteiger partial charge in [-0.1, -0.05) is 11.3 Å². The van der Waals surface area contributed by atoms with Gasteiger partial charge in [-0.05, 0) is 25.5 Å². The van der Waals surface area contributed by atoms with Gasteiger partial charge in [-0.25, -0.2) is 4.68 Å². The molecule has 1 saturated heterocycles. The standard InChI is InChI=1S/C16H19N5O3/c1-16(7-6-14(22)17-10-16)15(23)18-13-9-21(20-19-13)11-4-3-5-12(8-11)24-2/h3-5,8-9H,6-7,10H2,1-2H3,(H,17,22)(H,18,23)/t16-/m0/s1. The van der Waals surface area contributed by atoms with Crippen molar-refractivity contribution in [2.24, 2.45) is 5.41 Å². The third-order valence-corrected chi connectivity index (χ3v) is 4.18. The molecule has 3 rings (SSSR count). The van der Waals surface area contributed by atoms with Gasteiger partial charge < -0.3 is 15.4 Å². The molecule has 0 spiro atoms. The van der Waals surface area contributed by atoms with Gasteiger partial charge in [0.1, 0.15) is 5.75 Å². The number of ether oxygens (including phenoxy) is 1. The summed E-state index contributed by atoms with van der Waals surface area (Å²) in [6.07, 6.45) is 2.49. The van der Waals surface area contributed by atoms with Gasteiger partial charge in [-0.2, -0.15) is 0 Å². The number of rotatable bonds is 4. The van der Waals surface area contributed by atoms with Crippen LogP contribution in [0.25, 0.3) is 5.69 Å². The first kappa shape index (κ1) is 16.0. The van der Waals surface area contributed by atoms with Gasteiger partial charge in [0.25, 0.3) is 0 Å². The fourth-order valence-electron chi connectivity index (χ4n) is 2.52. The Morgan fingerprint density at radius 2 is 2.29 bits per heavy atom. The minimum absolute atomic E-state index is 0.0238. The van der Waals surface area contributed by atoms with E-state index in [1.165, 1.54) is 0 Å². The Morgan fingerprint density at radius 1 is 1.46 bits per heavy atom. The van der Waals surface area contributed by atoms with Crippen LogP contribution in [0, 0.1) is 5.41 Å². The normalized spacial score (nSPS) is 20.3. The number of piperidine rings is 1. The molecule has 2 amide bonds. The van der Waals surface area contributed by atoms with E-state index in [1.54, 1.807) is 18.0 Å². The van der Waals surface area contributed by atoms with Crippen molar-refractivity contribution in [1.82, 2.24) is 20.3 Å². The Bertz CT molecular complexity index is 761. The summed E-state index contributed by atoms with van der Waals surface area (Å²) in [6, 6.07) is 7.36. The fourth-order valence-corrected chi connectivity index (χ4v) is 2.52. The van der Waals surface area contributed by atoms with Crippen molar-refractivity contribution in [3.8, 4) is 11.4 Å². The summed E-state index contributed by atoms with van der Waals surface area (Å²) >= 11 is 0. The number of carbonyl (C=O) groups excluding carboxylic acids is 2. The van der Waals surface area contributed by atoms with Crippen LogP contribution >= 0.6 is 0 Å². The SMILES string of the molecule is COc1cccc(-n2cc(NC(=O)[C@@]3(C)CCC(=O)NC3)nn2)c1. The largest absolute Gasteiger partial charge is 0.497 e. The van der Waals surface area contributed by atoms with Gasteiger partial charge in [-0.3, -0.25) is 9.59 Å². The monoisotopic (exact) mass is 329 g/mol. The predicted octanol–water partition coefficient (Wildman–Crippen LogP) is 1.13. The lowest BCUT2D eigenvalue weighted by Gasteiger charge is -2.31. The molecule has 1 fully saturated rings. The van der Waals surface area contributed by atoms with E-state index in [2.05, 4.69) is 20.9 Å². The smallest absolute Gasteiger partial charge is 0.233 e. The Balaban J connectivity index is 1.71. The van der Waals surface area contributed by atoms with Gasteiger partial charge in [0, 0.05) is 19.0 Å². The number of nitrogens with one attached hydrogen (secondary N) is 2. The van der Waals surface area contributed by atoms with Crippen LogP contribution in [0.1, 0.15) is 19.8 Å². The summed E-state index contributed by atoms with van der Waals surface area (Å²) in [7, 11) is 1.59. The van der Waals surface area contributed by atoms with Crippen molar-refractivity contribution in [3.05, 3.63) is 30.5 Å². The van der Waals surface area contributed by atoms with E-state index >= 15 is 0 Å². The van der Waals surface area contributed by atoms with E-state index in [9.17, 15) is 9.59 Å². The van der Waals surface area contributed by atoms with E-state index in [1.807, 2.05) is 31.2 Å². The summed E-state index contributed by atoms with van der Waals surface area (Å²) in [4.78, 5) is 23.7. The average Bonchev–Trinajstić information content (AvgIpc) is 3.06. The molecule has 1 atom stereocenters. The minimum atomic E-state index is -0.645. The van der Waals surface area contributed by atoms with Crippen molar-refractivity contribution < 1.29 is 14.3 Å². The zero-order valence-electron chi connectivity index (χ0n) is 13.6. The number of anilines is 1. The van der Waals surface area contributed by atoms with Gasteiger partial charge in [0.05, 0.1) is 24.4 Å². The van der Waals surface area contributed by atoms with E-state index in [0.29, 0.717) is 31.0 Å². The Labute approximate surface area is 139 Å². The number of nitrogens with zero attached hydrogens (tertiary/aromatic N) is 3. The zero-order valence-corrected chi connectivity index (χ0v) is 13.6. The number of aromatic nitrogens is 3. The first-order chi connectivity index (χ1) is 11.5. The zero-order chi connectivity index (χ0) is 17.2. The average molecular weight is 329 g/mol. The molecule has 0 saturated carbocycles. The number of hydrogen-bond donors (Lipinski definition) is 2. The third-order valence-electron chi connectivity index (χ3n) is 4.18. The van der Waals surface area contributed by atoms with Gasteiger partial charge in [0.15, 0.2) is 5.82 Å². The van der Waals surface area contributed by atoms with Crippen LogP contribution in [0.4, 0.5) is 5.82 Å². The number of carbonyl (C=O) groups is 2. The first-order valence-electron chi connectivity index (χ1n) is 7.65. The molecule has 8 nitrogen and oxygen atoms in total. The molecule has 1 aliphatic rings. The second kappa shape index (κ2) is 6.31. The molecule has 1 aliphatic heterocycles. The maximum absolute atomic E-state index is 12.5. The number of amides is 2. The highest BCUT2D eigenvalue weighted by molar-refractivity contribution is 5.95. The summed E-state index contributed by atoms with van der Waals surface area (Å²) in [6.45, 7) is 2.15. The summed E-state index contributed by atoms with van der Waals surface area (Å²) in [5.41, 5.74) is 0.131. The summed E-state index contributed by atoms with van der Waals surface area (Å²) in [5, 5.41) is 13.5. The van der Waals surface area contributed by atoms with Crippen molar-refractivity contribution in [2.75, 3.05) is 19.0 Å². The minimum Gasteiger partial charge on any atom is -0.497 e. The van der Waals surface area contributed by atoms with Crippen LogP contribution in [0.15, 0.2) is 30.5 Å². The molecule has 126 valence electrons. The highest BCUT2D eigenvalue weighted by Gasteiger charge is 2.37. The molecule has 8 heteroatoms. The fraction of sp³-hybridized carbons (Fsp3) is 0.375. The van der Waals surface area contributed by atoms with E-state index in [0.717, 1.165) is 5.69 Å². The summed E-state index contributed by atoms with van der Waals surface area (Å²) < 4.78 is 6.74. The van der Waals surface area contributed by atoms with Crippen LogP contribution in [0.5, 0.6) is 5.75 Å². The molecule has 2 aromatic rings. The molecule has 1 aromatic carbocycles. The second-order valence-corrected chi connectivity index (χ2v) is 6.04. The molecular formula is C16H19N5O3. The highest BCUT2D eigenvalue weighted by Crippen LogP contribution is 2.27. The Kier molecular flexibility index (Phi) is 4.20. The van der Waals surface area contributed by atoms with E-state index in [-0.39, 0.29) is 11.8 Å². The van der Waals surface area contributed by atoms with Crippen molar-refractivity contribution in [1.29, 1.82) is 0 Å². The molecule has 0 aliphatic carbocycles. The lowest BCUT2D eigenvalue weighted by atomic mass is 9.81. The molecular weight excluding hydrogens is 310 g/mol. The quantitative estimate of drug-likeness (QED) is 0.876. The third kappa shape index (κ3) is 3.22. The highest BCUT2D eigenvalue weighted by atomic mass is 16.5. The van der Waals surface area contributed by atoms with Gasteiger partial charge in [0.2, 0.25) is 11.8 Å².